The number of aromatic amines is 1. The lowest BCUT2D eigenvalue weighted by atomic mass is 10.0. The number of Topliss-reactive ketones (excluding diaryl/α,β-unsaturated/α-hetero) is 1. The number of aryl methyl sites for hydroxylation is 1. The summed E-state index contributed by atoms with van der Waals surface area (Å²) in [5.74, 6) is 1.86. The van der Waals surface area contributed by atoms with E-state index in [-0.39, 0.29) is 5.78 Å². The SMILES string of the molecule is Cc1nc2ccc(-n3ncc(C(=O)C4=Cc5ccc(C6CC6)cc5C4)c3N)cc2[nH]1. The van der Waals surface area contributed by atoms with Crippen molar-refractivity contribution in [3.8, 4) is 5.69 Å². The van der Waals surface area contributed by atoms with Crippen LogP contribution in [0.3, 0.4) is 0 Å². The van der Waals surface area contributed by atoms with E-state index in [4.69, 9.17) is 5.73 Å². The molecule has 148 valence electrons. The molecule has 2 aromatic heterocycles. The minimum Gasteiger partial charge on any atom is -0.383 e. The van der Waals surface area contributed by atoms with Gasteiger partial charge in [0, 0.05) is 12.0 Å². The number of nitrogen functional groups attached to an aromatic ring is 1. The molecular formula is C24H21N5O. The number of carbonyl (C=O) groups excluding carboxylic acids is 1. The number of nitrogens with one attached hydrogen (secondary N) is 1. The Labute approximate surface area is 173 Å². The average molecular weight is 395 g/mol. The molecule has 0 radical (unpaired) electrons. The topological polar surface area (TPSA) is 89.6 Å². The lowest BCUT2D eigenvalue weighted by Crippen LogP contribution is -2.08. The first kappa shape index (κ1) is 17.2. The van der Waals surface area contributed by atoms with Crippen LogP contribution in [-0.4, -0.2) is 25.5 Å². The van der Waals surface area contributed by atoms with Crippen LogP contribution in [0, 0.1) is 6.92 Å². The molecular weight excluding hydrogens is 374 g/mol. The number of carbonyl (C=O) groups is 1. The van der Waals surface area contributed by atoms with Crippen LogP contribution in [-0.2, 0) is 6.42 Å². The van der Waals surface area contributed by atoms with E-state index in [1.807, 2.05) is 31.2 Å². The van der Waals surface area contributed by atoms with Crippen LogP contribution in [0.25, 0.3) is 22.8 Å². The van der Waals surface area contributed by atoms with Crippen LogP contribution < -0.4 is 5.73 Å². The molecule has 0 unspecified atom stereocenters. The zero-order valence-corrected chi connectivity index (χ0v) is 16.6. The monoisotopic (exact) mass is 395 g/mol. The third-order valence-corrected chi connectivity index (χ3v) is 6.10. The molecule has 0 saturated heterocycles. The fourth-order valence-electron chi connectivity index (χ4n) is 4.35. The molecule has 2 heterocycles. The highest BCUT2D eigenvalue weighted by Crippen LogP contribution is 2.42. The first-order chi connectivity index (χ1) is 14.6. The van der Waals surface area contributed by atoms with Gasteiger partial charge in [-0.2, -0.15) is 5.10 Å². The summed E-state index contributed by atoms with van der Waals surface area (Å²) in [5, 5.41) is 4.40. The fraction of sp³-hybridized carbons (Fsp3) is 0.208. The van der Waals surface area contributed by atoms with Gasteiger partial charge in [0.25, 0.3) is 0 Å². The van der Waals surface area contributed by atoms with E-state index in [0.29, 0.717) is 23.7 Å². The van der Waals surface area contributed by atoms with Crippen molar-refractivity contribution in [2.45, 2.75) is 32.1 Å². The lowest BCUT2D eigenvalue weighted by Gasteiger charge is -2.06. The summed E-state index contributed by atoms with van der Waals surface area (Å²) in [6.45, 7) is 1.92. The molecule has 6 heteroatoms. The Hall–Kier alpha value is -3.67. The molecule has 30 heavy (non-hydrogen) atoms. The number of allylic oxidation sites excluding steroid dienone is 1. The predicted molar refractivity (Wildman–Crippen MR) is 117 cm³/mol. The Morgan fingerprint density at radius 3 is 2.90 bits per heavy atom. The number of ketones is 1. The van der Waals surface area contributed by atoms with E-state index in [9.17, 15) is 4.79 Å². The zero-order valence-electron chi connectivity index (χ0n) is 16.6. The standard InChI is InChI=1S/C24H21N5O/c1-13-27-21-7-6-19(11-22(21)28-13)29-24(25)20(12-26-29)23(30)18-9-16-5-4-15(14-2-3-14)8-17(16)10-18/h4-9,11-12,14H,2-3,10,25H2,1H3,(H,27,28). The number of imidazole rings is 1. The Balaban J connectivity index is 1.30. The van der Waals surface area contributed by atoms with Crippen molar-refractivity contribution in [3.05, 3.63) is 76.2 Å². The number of hydrogen-bond acceptors (Lipinski definition) is 4. The van der Waals surface area contributed by atoms with Gasteiger partial charge in [-0.25, -0.2) is 9.67 Å². The van der Waals surface area contributed by atoms with E-state index >= 15 is 0 Å². The van der Waals surface area contributed by atoms with E-state index < -0.39 is 0 Å². The Morgan fingerprint density at radius 2 is 2.07 bits per heavy atom. The van der Waals surface area contributed by atoms with Gasteiger partial charge in [-0.1, -0.05) is 18.2 Å². The highest BCUT2D eigenvalue weighted by atomic mass is 16.1. The molecule has 3 N–H and O–H groups in total. The lowest BCUT2D eigenvalue weighted by molar-refractivity contribution is 0.103. The van der Waals surface area contributed by atoms with Crippen LogP contribution in [0.5, 0.6) is 0 Å². The number of aromatic nitrogens is 4. The molecule has 0 amide bonds. The third-order valence-electron chi connectivity index (χ3n) is 6.10. The molecule has 0 aliphatic heterocycles. The minimum atomic E-state index is -0.0543. The summed E-state index contributed by atoms with van der Waals surface area (Å²) in [7, 11) is 0. The first-order valence-electron chi connectivity index (χ1n) is 10.2. The number of anilines is 1. The summed E-state index contributed by atoms with van der Waals surface area (Å²) >= 11 is 0. The Kier molecular flexibility index (Phi) is 3.53. The van der Waals surface area contributed by atoms with E-state index in [1.54, 1.807) is 10.9 Å². The molecule has 0 spiro atoms. The van der Waals surface area contributed by atoms with Gasteiger partial charge >= 0.3 is 0 Å². The zero-order chi connectivity index (χ0) is 20.4. The van der Waals surface area contributed by atoms with Crippen molar-refractivity contribution < 1.29 is 4.79 Å². The summed E-state index contributed by atoms with van der Waals surface area (Å²) in [5.41, 5.74) is 13.9. The number of H-pyrrole nitrogens is 1. The minimum absolute atomic E-state index is 0.0543. The second kappa shape index (κ2) is 6.16. The van der Waals surface area contributed by atoms with Gasteiger partial charge < -0.3 is 10.7 Å². The van der Waals surface area contributed by atoms with Gasteiger partial charge in [-0.3, -0.25) is 4.79 Å². The van der Waals surface area contributed by atoms with Crippen LogP contribution >= 0.6 is 0 Å². The normalized spacial score (nSPS) is 15.4. The highest BCUT2D eigenvalue weighted by molar-refractivity contribution is 6.15. The molecule has 6 rings (SSSR count). The molecule has 2 aliphatic carbocycles. The Bertz CT molecular complexity index is 1370. The van der Waals surface area contributed by atoms with E-state index in [2.05, 4.69) is 33.3 Å². The van der Waals surface area contributed by atoms with Crippen molar-refractivity contribution in [1.82, 2.24) is 19.7 Å². The van der Waals surface area contributed by atoms with Gasteiger partial charge in [-0.05, 0) is 66.6 Å². The Morgan fingerprint density at radius 1 is 1.20 bits per heavy atom. The van der Waals surface area contributed by atoms with Crippen LogP contribution in [0.2, 0.25) is 0 Å². The second-order valence-electron chi connectivity index (χ2n) is 8.29. The summed E-state index contributed by atoms with van der Waals surface area (Å²) in [4.78, 5) is 20.8. The van der Waals surface area contributed by atoms with Gasteiger partial charge in [-0.15, -0.1) is 0 Å². The number of benzene rings is 2. The van der Waals surface area contributed by atoms with Gasteiger partial charge in [0.15, 0.2) is 5.78 Å². The van der Waals surface area contributed by atoms with Crippen molar-refractivity contribution in [2.75, 3.05) is 5.73 Å². The highest BCUT2D eigenvalue weighted by Gasteiger charge is 2.27. The van der Waals surface area contributed by atoms with Crippen LogP contribution in [0.15, 0.2) is 48.2 Å². The van der Waals surface area contributed by atoms with Crippen molar-refractivity contribution in [2.24, 2.45) is 0 Å². The van der Waals surface area contributed by atoms with Gasteiger partial charge in [0.05, 0.1) is 28.5 Å². The maximum atomic E-state index is 13.2. The molecule has 0 bridgehead atoms. The van der Waals surface area contributed by atoms with Crippen LogP contribution in [0.1, 0.15) is 51.6 Å². The summed E-state index contributed by atoms with van der Waals surface area (Å²) < 4.78 is 1.61. The molecule has 1 saturated carbocycles. The molecule has 6 nitrogen and oxygen atoms in total. The van der Waals surface area contributed by atoms with E-state index in [0.717, 1.165) is 33.7 Å². The summed E-state index contributed by atoms with van der Waals surface area (Å²) in [6, 6.07) is 12.4. The quantitative estimate of drug-likeness (QED) is 0.503. The largest absolute Gasteiger partial charge is 0.383 e. The molecule has 2 aliphatic rings. The number of fused-ring (bicyclic) bond motifs is 2. The third kappa shape index (κ3) is 2.68. The van der Waals surface area contributed by atoms with Crippen molar-refractivity contribution in [3.63, 3.8) is 0 Å². The van der Waals surface area contributed by atoms with Crippen molar-refractivity contribution >= 4 is 28.7 Å². The number of nitrogens with two attached hydrogens (primary N) is 1. The maximum absolute atomic E-state index is 13.2. The predicted octanol–water partition coefficient (Wildman–Crippen LogP) is 4.34. The molecule has 1 fully saturated rings. The number of nitrogens with zero attached hydrogens (tertiary/aromatic N) is 3. The number of rotatable bonds is 4. The molecule has 4 aromatic rings. The second-order valence-corrected chi connectivity index (χ2v) is 8.29. The van der Waals surface area contributed by atoms with Gasteiger partial charge in [0.2, 0.25) is 0 Å². The number of hydrogen-bond donors (Lipinski definition) is 2. The smallest absolute Gasteiger partial charge is 0.194 e. The fourth-order valence-corrected chi connectivity index (χ4v) is 4.35. The van der Waals surface area contributed by atoms with Crippen molar-refractivity contribution in [1.29, 1.82) is 0 Å². The average Bonchev–Trinajstić information content (AvgIpc) is 3.22. The van der Waals surface area contributed by atoms with Gasteiger partial charge in [0.1, 0.15) is 11.6 Å². The molecule has 0 atom stereocenters. The van der Waals surface area contributed by atoms with Crippen LogP contribution in [0.4, 0.5) is 5.82 Å². The maximum Gasteiger partial charge on any atom is 0.194 e. The first-order valence-corrected chi connectivity index (χ1v) is 10.2. The molecule has 2 aromatic carbocycles. The van der Waals surface area contributed by atoms with E-state index in [1.165, 1.54) is 24.0 Å². The summed E-state index contributed by atoms with van der Waals surface area (Å²) in [6.07, 6.45) is 6.76.